The lowest BCUT2D eigenvalue weighted by molar-refractivity contribution is -0.131. The van der Waals surface area contributed by atoms with Gasteiger partial charge in [0, 0.05) is 11.6 Å². The third kappa shape index (κ3) is 5.48. The third-order valence-electron chi connectivity index (χ3n) is 3.39. The maximum Gasteiger partial charge on any atom is 0.242 e. The Kier molecular flexibility index (Phi) is 6.11. The molecular weight excluding hydrogens is 278 g/mol. The molecule has 122 valence electrons. The zero-order chi connectivity index (χ0) is 16.9. The minimum Gasteiger partial charge on any atom is -0.350 e. The Morgan fingerprint density at radius 3 is 2.09 bits per heavy atom. The fraction of sp³-hybridized carbons (Fsp3) is 0.529. The second-order valence-corrected chi connectivity index (χ2v) is 6.69. The summed E-state index contributed by atoms with van der Waals surface area (Å²) < 4.78 is 0. The summed E-state index contributed by atoms with van der Waals surface area (Å²) in [7, 11) is 0. The highest BCUT2D eigenvalue weighted by molar-refractivity contribution is 5.88. The van der Waals surface area contributed by atoms with Crippen molar-refractivity contribution >= 4 is 11.8 Å². The molecule has 5 heteroatoms. The first-order valence-corrected chi connectivity index (χ1v) is 7.54. The molecule has 0 spiro atoms. The number of hydrogen-bond acceptors (Lipinski definition) is 3. The lowest BCUT2D eigenvalue weighted by atomic mass is 9.94. The Labute approximate surface area is 132 Å². The van der Waals surface area contributed by atoms with Gasteiger partial charge in [-0.15, -0.1) is 0 Å². The van der Waals surface area contributed by atoms with Gasteiger partial charge in [0.1, 0.15) is 6.04 Å². The molecular formula is C17H27N3O2. The predicted octanol–water partition coefficient (Wildman–Crippen LogP) is 1.74. The maximum absolute atomic E-state index is 12.3. The van der Waals surface area contributed by atoms with Gasteiger partial charge in [-0.25, -0.2) is 0 Å². The molecule has 4 N–H and O–H groups in total. The van der Waals surface area contributed by atoms with E-state index in [4.69, 9.17) is 5.73 Å². The van der Waals surface area contributed by atoms with Crippen molar-refractivity contribution in [2.75, 3.05) is 0 Å². The van der Waals surface area contributed by atoms with Crippen molar-refractivity contribution in [3.63, 3.8) is 0 Å². The molecule has 0 radical (unpaired) electrons. The van der Waals surface area contributed by atoms with Crippen LogP contribution in [0.15, 0.2) is 30.3 Å². The quantitative estimate of drug-likeness (QED) is 0.775. The number of carbonyl (C=O) groups excluding carboxylic acids is 2. The molecule has 0 heterocycles. The largest absolute Gasteiger partial charge is 0.350 e. The zero-order valence-electron chi connectivity index (χ0n) is 14.0. The Bertz CT molecular complexity index is 508. The SMILES string of the molecule is CC(NC(=O)C(C)C(N)c1ccccc1)C(=O)NC(C)(C)C. The predicted molar refractivity (Wildman–Crippen MR) is 88.0 cm³/mol. The van der Waals surface area contributed by atoms with Gasteiger partial charge in [-0.2, -0.15) is 0 Å². The van der Waals surface area contributed by atoms with Gasteiger partial charge in [0.25, 0.3) is 0 Å². The molecule has 0 aliphatic carbocycles. The summed E-state index contributed by atoms with van der Waals surface area (Å²) in [4.78, 5) is 24.3. The molecule has 22 heavy (non-hydrogen) atoms. The van der Waals surface area contributed by atoms with Crippen LogP contribution in [0.2, 0.25) is 0 Å². The highest BCUT2D eigenvalue weighted by Gasteiger charge is 2.26. The van der Waals surface area contributed by atoms with Crippen LogP contribution in [-0.4, -0.2) is 23.4 Å². The summed E-state index contributed by atoms with van der Waals surface area (Å²) in [5.74, 6) is -0.860. The third-order valence-corrected chi connectivity index (χ3v) is 3.39. The smallest absolute Gasteiger partial charge is 0.242 e. The molecule has 0 fully saturated rings. The van der Waals surface area contributed by atoms with Crippen molar-refractivity contribution in [3.8, 4) is 0 Å². The van der Waals surface area contributed by atoms with E-state index in [1.54, 1.807) is 13.8 Å². The number of amides is 2. The van der Waals surface area contributed by atoms with Gasteiger partial charge in [0.05, 0.1) is 5.92 Å². The molecule has 0 aliphatic rings. The summed E-state index contributed by atoms with van der Waals surface area (Å²) in [6, 6.07) is 8.46. The van der Waals surface area contributed by atoms with E-state index in [-0.39, 0.29) is 17.4 Å². The molecule has 2 amide bonds. The summed E-state index contributed by atoms with van der Waals surface area (Å²) in [5.41, 5.74) is 6.70. The van der Waals surface area contributed by atoms with Gasteiger partial charge in [0.2, 0.25) is 11.8 Å². The van der Waals surface area contributed by atoms with Gasteiger partial charge in [-0.3, -0.25) is 9.59 Å². The van der Waals surface area contributed by atoms with Crippen molar-refractivity contribution < 1.29 is 9.59 Å². The van der Waals surface area contributed by atoms with Crippen LogP contribution >= 0.6 is 0 Å². The second-order valence-electron chi connectivity index (χ2n) is 6.69. The lowest BCUT2D eigenvalue weighted by Crippen LogP contribution is -2.52. The van der Waals surface area contributed by atoms with E-state index in [2.05, 4.69) is 10.6 Å². The fourth-order valence-corrected chi connectivity index (χ4v) is 2.02. The molecule has 5 nitrogen and oxygen atoms in total. The van der Waals surface area contributed by atoms with Gasteiger partial charge >= 0.3 is 0 Å². The van der Waals surface area contributed by atoms with Crippen LogP contribution in [0.4, 0.5) is 0 Å². The summed E-state index contributed by atoms with van der Waals surface area (Å²) in [6.07, 6.45) is 0. The number of benzene rings is 1. The van der Waals surface area contributed by atoms with Crippen molar-refractivity contribution in [2.24, 2.45) is 11.7 Å². The van der Waals surface area contributed by atoms with E-state index < -0.39 is 18.0 Å². The highest BCUT2D eigenvalue weighted by Crippen LogP contribution is 2.19. The summed E-state index contributed by atoms with van der Waals surface area (Å²) in [6.45, 7) is 9.12. The molecule has 0 saturated carbocycles. The average Bonchev–Trinajstić information content (AvgIpc) is 2.44. The van der Waals surface area contributed by atoms with Crippen molar-refractivity contribution in [2.45, 2.75) is 52.2 Å². The molecule has 0 saturated heterocycles. The van der Waals surface area contributed by atoms with E-state index >= 15 is 0 Å². The van der Waals surface area contributed by atoms with Crippen molar-refractivity contribution in [3.05, 3.63) is 35.9 Å². The number of hydrogen-bond donors (Lipinski definition) is 3. The van der Waals surface area contributed by atoms with Crippen LogP contribution in [0.3, 0.4) is 0 Å². The van der Waals surface area contributed by atoms with E-state index in [9.17, 15) is 9.59 Å². The molecule has 0 bridgehead atoms. The number of nitrogens with one attached hydrogen (secondary N) is 2. The number of nitrogens with two attached hydrogens (primary N) is 1. The molecule has 0 aromatic heterocycles. The van der Waals surface area contributed by atoms with Crippen LogP contribution < -0.4 is 16.4 Å². The molecule has 1 rings (SSSR count). The summed E-state index contributed by atoms with van der Waals surface area (Å²) >= 11 is 0. The Morgan fingerprint density at radius 2 is 1.59 bits per heavy atom. The van der Waals surface area contributed by atoms with E-state index in [1.165, 1.54) is 0 Å². The van der Waals surface area contributed by atoms with E-state index in [0.717, 1.165) is 5.56 Å². The fourth-order valence-electron chi connectivity index (χ4n) is 2.02. The first kappa shape index (κ1) is 18.2. The first-order valence-electron chi connectivity index (χ1n) is 7.54. The van der Waals surface area contributed by atoms with E-state index in [0.29, 0.717) is 0 Å². The van der Waals surface area contributed by atoms with Gasteiger partial charge in [-0.1, -0.05) is 37.3 Å². The Morgan fingerprint density at radius 1 is 1.05 bits per heavy atom. The standard InChI is InChI=1S/C17H27N3O2/c1-11(14(18)13-9-7-6-8-10-13)15(21)19-12(2)16(22)20-17(3,4)5/h6-12,14H,18H2,1-5H3,(H,19,21)(H,20,22). The monoisotopic (exact) mass is 305 g/mol. The average molecular weight is 305 g/mol. The highest BCUT2D eigenvalue weighted by atomic mass is 16.2. The maximum atomic E-state index is 12.3. The van der Waals surface area contributed by atoms with Gasteiger partial charge < -0.3 is 16.4 Å². The molecule has 0 aliphatic heterocycles. The first-order chi connectivity index (χ1) is 10.1. The minimum absolute atomic E-state index is 0.207. The topological polar surface area (TPSA) is 84.2 Å². The van der Waals surface area contributed by atoms with Gasteiger partial charge in [-0.05, 0) is 33.3 Å². The summed E-state index contributed by atoms with van der Waals surface area (Å²) in [5, 5.41) is 5.56. The zero-order valence-corrected chi connectivity index (χ0v) is 14.0. The lowest BCUT2D eigenvalue weighted by Gasteiger charge is -2.25. The molecule has 3 unspecified atom stereocenters. The van der Waals surface area contributed by atoms with Crippen molar-refractivity contribution in [1.82, 2.24) is 10.6 Å². The van der Waals surface area contributed by atoms with Crippen LogP contribution in [0, 0.1) is 5.92 Å². The van der Waals surface area contributed by atoms with Crippen LogP contribution in [-0.2, 0) is 9.59 Å². The van der Waals surface area contributed by atoms with Crippen LogP contribution in [0.25, 0.3) is 0 Å². The molecule has 3 atom stereocenters. The minimum atomic E-state index is -0.600. The van der Waals surface area contributed by atoms with E-state index in [1.807, 2.05) is 51.1 Å². The normalized spacial score (nSPS) is 15.5. The molecule has 1 aromatic rings. The van der Waals surface area contributed by atoms with Crippen LogP contribution in [0.1, 0.15) is 46.2 Å². The molecule has 1 aromatic carbocycles. The van der Waals surface area contributed by atoms with Crippen molar-refractivity contribution in [1.29, 1.82) is 0 Å². The number of carbonyl (C=O) groups is 2. The second kappa shape index (κ2) is 7.40. The van der Waals surface area contributed by atoms with Gasteiger partial charge in [0.15, 0.2) is 0 Å². The Balaban J connectivity index is 2.62. The number of rotatable bonds is 5. The Hall–Kier alpha value is -1.88. The van der Waals surface area contributed by atoms with Crippen LogP contribution in [0.5, 0.6) is 0 Å².